The van der Waals surface area contributed by atoms with Gasteiger partial charge in [-0.3, -0.25) is 4.79 Å². The van der Waals surface area contributed by atoms with Crippen molar-refractivity contribution >= 4 is 23.2 Å². The van der Waals surface area contributed by atoms with Crippen molar-refractivity contribution in [2.75, 3.05) is 20.8 Å². The lowest BCUT2D eigenvalue weighted by Crippen LogP contribution is -2.49. The fraction of sp³-hybridized carbons (Fsp3) is 0.474. The second kappa shape index (κ2) is 7.53. The van der Waals surface area contributed by atoms with Crippen molar-refractivity contribution in [2.24, 2.45) is 0 Å². The minimum Gasteiger partial charge on any atom is -0.497 e. The van der Waals surface area contributed by atoms with Gasteiger partial charge in [-0.25, -0.2) is 0 Å². The molecular formula is C19H25N3O3S. The van der Waals surface area contributed by atoms with E-state index in [2.05, 4.69) is 10.6 Å². The first-order chi connectivity index (χ1) is 12.5. The Morgan fingerprint density at radius 2 is 1.88 bits per heavy atom. The summed E-state index contributed by atoms with van der Waals surface area (Å²) in [4.78, 5) is 14.9. The summed E-state index contributed by atoms with van der Waals surface area (Å²) in [6.45, 7) is 4.66. The van der Waals surface area contributed by atoms with Crippen molar-refractivity contribution in [2.45, 2.75) is 38.8 Å². The number of carbonyl (C=O) groups excluding carboxylic acids is 1. The molecule has 1 fully saturated rings. The molecule has 6 nitrogen and oxygen atoms in total. The summed E-state index contributed by atoms with van der Waals surface area (Å²) in [6.07, 6.45) is 2.08. The summed E-state index contributed by atoms with van der Waals surface area (Å²) < 4.78 is 10.8. The average molecular weight is 375 g/mol. The van der Waals surface area contributed by atoms with Crippen LogP contribution in [0.4, 0.5) is 0 Å². The summed E-state index contributed by atoms with van der Waals surface area (Å²) in [5, 5.41) is 7.03. The van der Waals surface area contributed by atoms with E-state index in [4.69, 9.17) is 21.7 Å². The van der Waals surface area contributed by atoms with Gasteiger partial charge in [0.1, 0.15) is 11.5 Å². The molecule has 0 radical (unpaired) electrons. The number of benzene rings is 1. The Morgan fingerprint density at radius 3 is 2.38 bits per heavy atom. The fourth-order valence-corrected chi connectivity index (χ4v) is 3.58. The van der Waals surface area contributed by atoms with Crippen LogP contribution in [0, 0.1) is 0 Å². The highest BCUT2D eigenvalue weighted by Gasteiger charge is 2.35. The van der Waals surface area contributed by atoms with Crippen molar-refractivity contribution in [3.05, 3.63) is 35.0 Å². The number of hydrogen-bond donors (Lipinski definition) is 2. The quantitative estimate of drug-likeness (QED) is 0.745. The maximum absolute atomic E-state index is 13.0. The molecule has 1 aromatic carbocycles. The van der Waals surface area contributed by atoms with Crippen molar-refractivity contribution in [3.8, 4) is 11.5 Å². The van der Waals surface area contributed by atoms with Gasteiger partial charge < -0.3 is 25.0 Å². The van der Waals surface area contributed by atoms with Crippen LogP contribution in [0.5, 0.6) is 11.5 Å². The van der Waals surface area contributed by atoms with Gasteiger partial charge in [0.15, 0.2) is 5.11 Å². The van der Waals surface area contributed by atoms with Crippen molar-refractivity contribution < 1.29 is 14.3 Å². The van der Waals surface area contributed by atoms with E-state index in [1.165, 1.54) is 0 Å². The van der Waals surface area contributed by atoms with Gasteiger partial charge in [0, 0.05) is 24.4 Å². The Bertz CT molecular complexity index is 736. The van der Waals surface area contributed by atoms with Gasteiger partial charge >= 0.3 is 0 Å². The highest BCUT2D eigenvalue weighted by molar-refractivity contribution is 7.80. The van der Waals surface area contributed by atoms with E-state index >= 15 is 0 Å². The van der Waals surface area contributed by atoms with Gasteiger partial charge in [-0.05, 0) is 56.6 Å². The van der Waals surface area contributed by atoms with Gasteiger partial charge in [-0.15, -0.1) is 0 Å². The Hall–Kier alpha value is -2.28. The van der Waals surface area contributed by atoms with Gasteiger partial charge in [-0.2, -0.15) is 0 Å². The van der Waals surface area contributed by atoms with E-state index in [1.807, 2.05) is 36.9 Å². The molecule has 0 unspecified atom stereocenters. The molecule has 1 heterocycles. The first-order valence-corrected chi connectivity index (χ1v) is 9.22. The number of methoxy groups -OCH3 is 2. The van der Waals surface area contributed by atoms with Gasteiger partial charge in [0.25, 0.3) is 5.91 Å². The highest BCUT2D eigenvalue weighted by Crippen LogP contribution is 2.35. The number of thiocarbonyl (C=S) groups is 1. The maximum atomic E-state index is 13.0. The third-order valence-corrected chi connectivity index (χ3v) is 5.12. The molecule has 0 spiro atoms. The van der Waals surface area contributed by atoms with Crippen molar-refractivity contribution in [1.82, 2.24) is 15.5 Å². The molecule has 1 aromatic rings. The van der Waals surface area contributed by atoms with Gasteiger partial charge in [0.05, 0.1) is 25.8 Å². The summed E-state index contributed by atoms with van der Waals surface area (Å²) in [5.41, 5.74) is 2.43. The number of amides is 1. The predicted molar refractivity (Wildman–Crippen MR) is 104 cm³/mol. The fourth-order valence-electron chi connectivity index (χ4n) is 3.19. The molecule has 0 bridgehead atoms. The van der Waals surface area contributed by atoms with Crippen LogP contribution in [0.3, 0.4) is 0 Å². The molecule has 7 heteroatoms. The van der Waals surface area contributed by atoms with Gasteiger partial charge in [0.2, 0.25) is 0 Å². The zero-order valence-electron chi connectivity index (χ0n) is 15.6. The van der Waals surface area contributed by atoms with E-state index in [0.717, 1.165) is 24.1 Å². The van der Waals surface area contributed by atoms with Crippen LogP contribution >= 0.6 is 12.2 Å². The standard InChI is InChI=1S/C19H25N3O3S/c1-5-22-11(2)16(18(23)20-13-6-7-13)17(21-19(22)26)12-8-14(24-3)10-15(9-12)25-4/h8-10,13,17H,5-7H2,1-4H3,(H,20,23)(H,21,26)/t17-/m0/s1. The number of ether oxygens (including phenoxy) is 2. The number of carbonyl (C=O) groups is 1. The molecule has 26 heavy (non-hydrogen) atoms. The molecular weight excluding hydrogens is 350 g/mol. The SMILES string of the molecule is CCN1C(=S)N[C@@H](c2cc(OC)cc(OC)c2)C(C(=O)NC2CC2)=C1C. The predicted octanol–water partition coefficient (Wildman–Crippen LogP) is 2.51. The van der Waals surface area contributed by atoms with Crippen LogP contribution in [0.15, 0.2) is 29.5 Å². The Morgan fingerprint density at radius 1 is 1.27 bits per heavy atom. The van der Waals surface area contributed by atoms with Crippen LogP contribution in [0.1, 0.15) is 38.3 Å². The molecule has 2 N–H and O–H groups in total. The Labute approximate surface area is 159 Å². The average Bonchev–Trinajstić information content (AvgIpc) is 3.44. The topological polar surface area (TPSA) is 62.8 Å². The second-order valence-corrected chi connectivity index (χ2v) is 6.91. The maximum Gasteiger partial charge on any atom is 0.251 e. The van der Waals surface area contributed by atoms with E-state index in [-0.39, 0.29) is 18.0 Å². The van der Waals surface area contributed by atoms with Crippen LogP contribution in [0.2, 0.25) is 0 Å². The summed E-state index contributed by atoms with van der Waals surface area (Å²) >= 11 is 5.53. The third kappa shape index (κ3) is 3.62. The molecule has 2 aliphatic rings. The Balaban J connectivity index is 2.06. The van der Waals surface area contributed by atoms with E-state index in [9.17, 15) is 4.79 Å². The normalized spacial score (nSPS) is 19.9. The lowest BCUT2D eigenvalue weighted by molar-refractivity contribution is -0.118. The zero-order valence-corrected chi connectivity index (χ0v) is 16.4. The molecule has 1 aliphatic carbocycles. The first-order valence-electron chi connectivity index (χ1n) is 8.81. The number of nitrogens with zero attached hydrogens (tertiary/aromatic N) is 1. The van der Waals surface area contributed by atoms with Crippen molar-refractivity contribution in [1.29, 1.82) is 0 Å². The lowest BCUT2D eigenvalue weighted by Gasteiger charge is -2.37. The molecule has 0 saturated heterocycles. The number of nitrogens with one attached hydrogen (secondary N) is 2. The summed E-state index contributed by atoms with van der Waals surface area (Å²) in [6, 6.07) is 5.55. The molecule has 0 aromatic heterocycles. The molecule has 1 saturated carbocycles. The number of rotatable bonds is 6. The smallest absolute Gasteiger partial charge is 0.251 e. The third-order valence-electron chi connectivity index (χ3n) is 4.78. The van der Waals surface area contributed by atoms with Crippen LogP contribution in [-0.2, 0) is 4.79 Å². The van der Waals surface area contributed by atoms with E-state index in [1.54, 1.807) is 14.2 Å². The zero-order chi connectivity index (χ0) is 18.8. The summed E-state index contributed by atoms with van der Waals surface area (Å²) in [7, 11) is 3.22. The molecule has 1 atom stereocenters. The van der Waals surface area contributed by atoms with E-state index in [0.29, 0.717) is 28.7 Å². The van der Waals surface area contributed by atoms with Gasteiger partial charge in [-0.1, -0.05) is 0 Å². The molecule has 1 aliphatic heterocycles. The Kier molecular flexibility index (Phi) is 5.36. The lowest BCUT2D eigenvalue weighted by atomic mass is 9.93. The molecule has 140 valence electrons. The minimum absolute atomic E-state index is 0.0507. The molecule has 3 rings (SSSR count). The van der Waals surface area contributed by atoms with Crippen LogP contribution in [0.25, 0.3) is 0 Å². The number of hydrogen-bond acceptors (Lipinski definition) is 4. The minimum atomic E-state index is -0.354. The van der Waals surface area contributed by atoms with Crippen molar-refractivity contribution in [3.63, 3.8) is 0 Å². The largest absolute Gasteiger partial charge is 0.497 e. The van der Waals surface area contributed by atoms with Crippen LogP contribution in [-0.4, -0.2) is 42.7 Å². The second-order valence-electron chi connectivity index (χ2n) is 6.52. The summed E-state index contributed by atoms with van der Waals surface area (Å²) in [5.74, 6) is 1.29. The first kappa shape index (κ1) is 18.5. The van der Waals surface area contributed by atoms with E-state index < -0.39 is 0 Å². The monoisotopic (exact) mass is 375 g/mol. The van der Waals surface area contributed by atoms with Crippen LogP contribution < -0.4 is 20.1 Å². The molecule has 1 amide bonds. The number of allylic oxidation sites excluding steroid dienone is 1. The highest BCUT2D eigenvalue weighted by atomic mass is 32.1.